The topological polar surface area (TPSA) is 88.5 Å². The Labute approximate surface area is 109 Å². The summed E-state index contributed by atoms with van der Waals surface area (Å²) in [4.78, 5) is 19.5. The summed E-state index contributed by atoms with van der Waals surface area (Å²) in [5.74, 6) is 0.510. The predicted molar refractivity (Wildman–Crippen MR) is 67.2 cm³/mol. The standard InChI is InChI=1S/C8H9BrN6OS/c1-10-6-11-3-4(9)5(12-6)17-8-14-13-7(16)15(8)2/h3H,1-2H3,(H,13,16)(H,10,11,12). The van der Waals surface area contributed by atoms with E-state index in [0.29, 0.717) is 16.1 Å². The highest BCUT2D eigenvalue weighted by molar-refractivity contribution is 9.10. The van der Waals surface area contributed by atoms with E-state index < -0.39 is 0 Å². The first-order valence-corrected chi connectivity index (χ1v) is 6.22. The zero-order valence-corrected chi connectivity index (χ0v) is 11.5. The van der Waals surface area contributed by atoms with Crippen molar-refractivity contribution < 1.29 is 0 Å². The molecular weight excluding hydrogens is 308 g/mol. The van der Waals surface area contributed by atoms with Crippen molar-refractivity contribution in [2.75, 3.05) is 12.4 Å². The molecule has 2 heterocycles. The summed E-state index contributed by atoms with van der Waals surface area (Å²) in [6, 6.07) is 0. The van der Waals surface area contributed by atoms with Gasteiger partial charge in [0.2, 0.25) is 5.95 Å². The van der Waals surface area contributed by atoms with Crippen molar-refractivity contribution in [2.45, 2.75) is 10.2 Å². The van der Waals surface area contributed by atoms with Gasteiger partial charge in [-0.15, -0.1) is 5.10 Å². The lowest BCUT2D eigenvalue weighted by atomic mass is 10.7. The third-order valence-corrected chi connectivity index (χ3v) is 3.86. The van der Waals surface area contributed by atoms with Gasteiger partial charge < -0.3 is 5.32 Å². The van der Waals surface area contributed by atoms with E-state index in [1.165, 1.54) is 16.3 Å². The Morgan fingerprint density at radius 1 is 1.59 bits per heavy atom. The number of aromatic amines is 1. The Hall–Kier alpha value is -1.35. The van der Waals surface area contributed by atoms with Gasteiger partial charge in [0.15, 0.2) is 5.16 Å². The molecule has 0 spiro atoms. The smallest absolute Gasteiger partial charge is 0.343 e. The number of hydrogen-bond donors (Lipinski definition) is 2. The fourth-order valence-corrected chi connectivity index (χ4v) is 2.25. The molecule has 2 rings (SSSR count). The van der Waals surface area contributed by atoms with Crippen LogP contribution in [-0.2, 0) is 7.05 Å². The van der Waals surface area contributed by atoms with Crippen LogP contribution in [0, 0.1) is 0 Å². The maximum atomic E-state index is 11.2. The van der Waals surface area contributed by atoms with Crippen LogP contribution in [0.15, 0.2) is 25.6 Å². The number of nitrogens with zero attached hydrogens (tertiary/aromatic N) is 4. The summed E-state index contributed by atoms with van der Waals surface area (Å²) in [6.45, 7) is 0. The largest absolute Gasteiger partial charge is 0.357 e. The van der Waals surface area contributed by atoms with Gasteiger partial charge in [-0.3, -0.25) is 4.57 Å². The Bertz CT molecular complexity index is 594. The summed E-state index contributed by atoms with van der Waals surface area (Å²) >= 11 is 4.62. The molecule has 0 aliphatic rings. The van der Waals surface area contributed by atoms with Crippen LogP contribution in [0.2, 0.25) is 0 Å². The average Bonchev–Trinajstić information content (AvgIpc) is 2.64. The molecule has 9 heteroatoms. The SMILES string of the molecule is CNc1ncc(Br)c(Sc2n[nH]c(=O)n2C)n1. The van der Waals surface area contributed by atoms with E-state index in [1.807, 2.05) is 0 Å². The molecule has 0 aliphatic heterocycles. The number of halogens is 1. The van der Waals surface area contributed by atoms with Crippen LogP contribution in [0.5, 0.6) is 0 Å². The second-order valence-corrected chi connectivity index (χ2v) is 4.88. The average molecular weight is 317 g/mol. The van der Waals surface area contributed by atoms with E-state index in [-0.39, 0.29) is 5.69 Å². The fourth-order valence-electron chi connectivity index (χ4n) is 1.05. The van der Waals surface area contributed by atoms with E-state index in [0.717, 1.165) is 4.47 Å². The van der Waals surface area contributed by atoms with Gasteiger partial charge in [-0.1, -0.05) is 0 Å². The van der Waals surface area contributed by atoms with Crippen LogP contribution in [0.1, 0.15) is 0 Å². The van der Waals surface area contributed by atoms with Crippen LogP contribution in [0.25, 0.3) is 0 Å². The van der Waals surface area contributed by atoms with Gasteiger partial charge in [-0.2, -0.15) is 0 Å². The quantitative estimate of drug-likeness (QED) is 0.816. The number of aromatic nitrogens is 5. The molecule has 17 heavy (non-hydrogen) atoms. The number of rotatable bonds is 3. The molecule has 2 aromatic heterocycles. The molecule has 2 N–H and O–H groups in total. The van der Waals surface area contributed by atoms with Gasteiger partial charge in [0.05, 0.1) is 4.47 Å². The summed E-state index contributed by atoms with van der Waals surface area (Å²) in [5, 5.41) is 10.3. The molecule has 2 aromatic rings. The van der Waals surface area contributed by atoms with Crippen molar-refractivity contribution in [2.24, 2.45) is 7.05 Å². The molecule has 0 aromatic carbocycles. The minimum atomic E-state index is -0.258. The predicted octanol–water partition coefficient (Wildman–Crippen LogP) is 0.854. The first kappa shape index (κ1) is 12.1. The van der Waals surface area contributed by atoms with Gasteiger partial charge in [0.25, 0.3) is 0 Å². The molecule has 7 nitrogen and oxygen atoms in total. The zero-order chi connectivity index (χ0) is 12.4. The first-order valence-electron chi connectivity index (χ1n) is 4.61. The number of anilines is 1. The number of H-pyrrole nitrogens is 1. The van der Waals surface area contributed by atoms with Gasteiger partial charge in [-0.25, -0.2) is 19.9 Å². The van der Waals surface area contributed by atoms with E-state index >= 15 is 0 Å². The van der Waals surface area contributed by atoms with Gasteiger partial charge in [0.1, 0.15) is 5.03 Å². The fraction of sp³-hybridized carbons (Fsp3) is 0.250. The lowest BCUT2D eigenvalue weighted by molar-refractivity contribution is 0.764. The van der Waals surface area contributed by atoms with Crippen molar-refractivity contribution in [1.82, 2.24) is 24.7 Å². The van der Waals surface area contributed by atoms with Gasteiger partial charge in [-0.05, 0) is 27.7 Å². The Kier molecular flexibility index (Phi) is 3.48. The van der Waals surface area contributed by atoms with Crippen molar-refractivity contribution >= 4 is 33.6 Å². The Morgan fingerprint density at radius 3 is 2.94 bits per heavy atom. The van der Waals surface area contributed by atoms with E-state index in [4.69, 9.17) is 0 Å². The van der Waals surface area contributed by atoms with Crippen LogP contribution < -0.4 is 11.0 Å². The minimum absolute atomic E-state index is 0.258. The molecule has 0 bridgehead atoms. The maximum Gasteiger partial charge on any atom is 0.343 e. The van der Waals surface area contributed by atoms with Gasteiger partial charge in [0, 0.05) is 20.3 Å². The molecule has 90 valence electrons. The van der Waals surface area contributed by atoms with E-state index in [9.17, 15) is 4.79 Å². The molecule has 0 unspecified atom stereocenters. The lowest BCUT2D eigenvalue weighted by Gasteiger charge is -2.04. The normalized spacial score (nSPS) is 10.5. The Balaban J connectivity index is 2.35. The Morgan fingerprint density at radius 2 is 2.35 bits per heavy atom. The third-order valence-electron chi connectivity index (χ3n) is 1.96. The van der Waals surface area contributed by atoms with Crippen molar-refractivity contribution in [3.8, 4) is 0 Å². The van der Waals surface area contributed by atoms with Crippen molar-refractivity contribution in [1.29, 1.82) is 0 Å². The highest BCUT2D eigenvalue weighted by Crippen LogP contribution is 2.29. The minimum Gasteiger partial charge on any atom is -0.357 e. The molecular formula is C8H9BrN6OS. The molecule has 0 amide bonds. The van der Waals surface area contributed by atoms with E-state index in [1.54, 1.807) is 20.3 Å². The van der Waals surface area contributed by atoms with Crippen molar-refractivity contribution in [3.63, 3.8) is 0 Å². The lowest BCUT2D eigenvalue weighted by Crippen LogP contribution is -2.12. The summed E-state index contributed by atoms with van der Waals surface area (Å²) in [6.07, 6.45) is 1.64. The molecule has 0 saturated carbocycles. The molecule has 0 radical (unpaired) electrons. The highest BCUT2D eigenvalue weighted by Gasteiger charge is 2.11. The summed E-state index contributed by atoms with van der Waals surface area (Å²) in [7, 11) is 3.38. The highest BCUT2D eigenvalue weighted by atomic mass is 79.9. The van der Waals surface area contributed by atoms with Crippen LogP contribution in [0.3, 0.4) is 0 Å². The molecule has 0 atom stereocenters. The van der Waals surface area contributed by atoms with Crippen molar-refractivity contribution in [3.05, 3.63) is 21.2 Å². The zero-order valence-electron chi connectivity index (χ0n) is 9.06. The summed E-state index contributed by atoms with van der Waals surface area (Å²) in [5.41, 5.74) is -0.258. The monoisotopic (exact) mass is 316 g/mol. The second kappa shape index (κ2) is 4.88. The molecule has 0 fully saturated rings. The first-order chi connectivity index (χ1) is 8.11. The maximum absolute atomic E-state index is 11.2. The molecule has 0 saturated heterocycles. The van der Waals surface area contributed by atoms with Crippen LogP contribution in [-0.4, -0.2) is 31.8 Å². The number of hydrogen-bond acceptors (Lipinski definition) is 6. The summed E-state index contributed by atoms with van der Waals surface area (Å²) < 4.78 is 2.16. The van der Waals surface area contributed by atoms with Crippen LogP contribution >= 0.6 is 27.7 Å². The van der Waals surface area contributed by atoms with E-state index in [2.05, 4.69) is 41.4 Å². The third kappa shape index (κ3) is 2.50. The number of nitrogens with one attached hydrogen (secondary N) is 2. The molecule has 0 aliphatic carbocycles. The van der Waals surface area contributed by atoms with Gasteiger partial charge >= 0.3 is 5.69 Å². The second-order valence-electron chi connectivity index (χ2n) is 3.07. The van der Waals surface area contributed by atoms with Crippen LogP contribution in [0.4, 0.5) is 5.95 Å².